The summed E-state index contributed by atoms with van der Waals surface area (Å²) < 4.78 is 16.6. The Morgan fingerprint density at radius 2 is 1.74 bits per heavy atom. The molecule has 1 aliphatic heterocycles. The van der Waals surface area contributed by atoms with Gasteiger partial charge in [-0.25, -0.2) is 0 Å². The number of carbonyl (C=O) groups excluding carboxylic acids is 1. The first-order valence-electron chi connectivity index (χ1n) is 9.88. The van der Waals surface area contributed by atoms with Crippen molar-refractivity contribution >= 4 is 5.91 Å². The average molecular weight is 457 g/mol. The Morgan fingerprint density at radius 3 is 2.23 bits per heavy atom. The number of hydrogen-bond donors (Lipinski definition) is 9. The van der Waals surface area contributed by atoms with E-state index in [4.69, 9.17) is 19.3 Å². The Labute approximate surface area is 179 Å². The lowest BCUT2D eigenvalue weighted by atomic mass is 9.91. The maximum atomic E-state index is 11.2. The van der Waals surface area contributed by atoms with Crippen LogP contribution < -0.4 is 5.32 Å². The van der Waals surface area contributed by atoms with Crippen LogP contribution in [-0.2, 0) is 19.0 Å². The van der Waals surface area contributed by atoms with Crippen LogP contribution in [-0.4, -0.2) is 135 Å². The maximum Gasteiger partial charge on any atom is 0.216 e. The first kappa shape index (κ1) is 28.1. The molecule has 13 heteroatoms. The highest BCUT2D eigenvalue weighted by Crippen LogP contribution is 2.28. The van der Waals surface area contributed by atoms with E-state index in [1.54, 1.807) is 0 Å². The fourth-order valence-corrected chi connectivity index (χ4v) is 2.96. The number of hydrogen-bond acceptors (Lipinski definition) is 12. The zero-order chi connectivity index (χ0) is 23.8. The molecule has 1 saturated heterocycles. The molecule has 1 aliphatic rings. The zero-order valence-electron chi connectivity index (χ0n) is 17.6. The average Bonchev–Trinajstić information content (AvgIpc) is 2.77. The highest BCUT2D eigenvalue weighted by molar-refractivity contribution is 5.72. The summed E-state index contributed by atoms with van der Waals surface area (Å²) in [6, 6.07) is 0. The summed E-state index contributed by atoms with van der Waals surface area (Å²) in [6.07, 6.45) is -11.5. The van der Waals surface area contributed by atoms with Crippen LogP contribution in [0.5, 0.6) is 0 Å². The van der Waals surface area contributed by atoms with Gasteiger partial charge < -0.3 is 60.4 Å². The molecule has 31 heavy (non-hydrogen) atoms. The van der Waals surface area contributed by atoms with Crippen molar-refractivity contribution in [2.45, 2.75) is 62.9 Å². The molecule has 8 atom stereocenters. The number of rotatable bonds is 13. The van der Waals surface area contributed by atoms with E-state index >= 15 is 0 Å². The van der Waals surface area contributed by atoms with Gasteiger partial charge in [0.05, 0.1) is 44.6 Å². The molecule has 0 radical (unpaired) electrons. The molecule has 13 nitrogen and oxygen atoms in total. The summed E-state index contributed by atoms with van der Waals surface area (Å²) in [5, 5.41) is 80.5. The number of ether oxygens (including phenoxy) is 3. The van der Waals surface area contributed by atoms with Gasteiger partial charge in [0.1, 0.15) is 36.6 Å². The second-order valence-electron chi connectivity index (χ2n) is 7.79. The molecule has 1 heterocycles. The van der Waals surface area contributed by atoms with E-state index in [1.807, 2.05) is 0 Å². The van der Waals surface area contributed by atoms with Gasteiger partial charge in [-0.2, -0.15) is 0 Å². The summed E-state index contributed by atoms with van der Waals surface area (Å²) in [5.41, 5.74) is -1.31. The lowest BCUT2D eigenvalue weighted by molar-refractivity contribution is -0.325. The first-order valence-corrected chi connectivity index (χ1v) is 9.88. The van der Waals surface area contributed by atoms with Gasteiger partial charge in [-0.15, -0.1) is 0 Å². The van der Waals surface area contributed by atoms with Crippen LogP contribution in [0.1, 0.15) is 13.8 Å². The maximum absolute atomic E-state index is 11.2. The van der Waals surface area contributed by atoms with Crippen LogP contribution in [0.4, 0.5) is 0 Å². The van der Waals surface area contributed by atoms with E-state index in [2.05, 4.69) is 5.32 Å². The predicted octanol–water partition coefficient (Wildman–Crippen LogP) is -4.96. The fourth-order valence-electron chi connectivity index (χ4n) is 2.96. The molecule has 0 aromatic rings. The van der Waals surface area contributed by atoms with Crippen molar-refractivity contribution in [3.8, 4) is 0 Å². The van der Waals surface area contributed by atoms with Crippen molar-refractivity contribution in [2.24, 2.45) is 5.41 Å². The van der Waals surface area contributed by atoms with Gasteiger partial charge in [-0.1, -0.05) is 0 Å². The summed E-state index contributed by atoms with van der Waals surface area (Å²) in [7, 11) is 0. The van der Waals surface area contributed by atoms with Crippen LogP contribution in [0.25, 0.3) is 0 Å². The largest absolute Gasteiger partial charge is 0.396 e. The van der Waals surface area contributed by atoms with Crippen LogP contribution in [0.15, 0.2) is 0 Å². The van der Waals surface area contributed by atoms with Gasteiger partial charge in [0.2, 0.25) is 5.91 Å². The lowest BCUT2D eigenvalue weighted by Crippen LogP contribution is -2.62. The summed E-state index contributed by atoms with van der Waals surface area (Å²) in [4.78, 5) is 11.2. The SMILES string of the molecule is CC(=O)NCC(CO)(CO)COC1OC(CO)C(O)C(O)C1OC(C)C(O)C(O)CO. The number of carbonyl (C=O) groups is 1. The second kappa shape index (κ2) is 12.9. The van der Waals surface area contributed by atoms with E-state index in [0.29, 0.717) is 0 Å². The Balaban J connectivity index is 3.00. The van der Waals surface area contributed by atoms with E-state index in [1.165, 1.54) is 13.8 Å². The van der Waals surface area contributed by atoms with Crippen molar-refractivity contribution in [2.75, 3.05) is 39.6 Å². The molecular weight excluding hydrogens is 422 g/mol. The summed E-state index contributed by atoms with van der Waals surface area (Å²) in [5.74, 6) is -0.398. The smallest absolute Gasteiger partial charge is 0.216 e. The molecule has 1 fully saturated rings. The number of aliphatic hydroxyl groups is 8. The molecule has 184 valence electrons. The Morgan fingerprint density at radius 1 is 1.13 bits per heavy atom. The van der Waals surface area contributed by atoms with Crippen molar-refractivity contribution in [3.05, 3.63) is 0 Å². The van der Waals surface area contributed by atoms with Gasteiger partial charge >= 0.3 is 0 Å². The predicted molar refractivity (Wildman–Crippen MR) is 102 cm³/mol. The molecule has 0 spiro atoms. The molecule has 0 aromatic heterocycles. The third-order valence-electron chi connectivity index (χ3n) is 5.20. The summed E-state index contributed by atoms with van der Waals surface area (Å²) >= 11 is 0. The third-order valence-corrected chi connectivity index (χ3v) is 5.20. The summed E-state index contributed by atoms with van der Waals surface area (Å²) in [6.45, 7) is -0.466. The second-order valence-corrected chi connectivity index (χ2v) is 7.79. The minimum Gasteiger partial charge on any atom is -0.396 e. The van der Waals surface area contributed by atoms with E-state index in [9.17, 15) is 40.5 Å². The van der Waals surface area contributed by atoms with Gasteiger partial charge in [0, 0.05) is 13.5 Å². The van der Waals surface area contributed by atoms with Crippen molar-refractivity contribution in [1.82, 2.24) is 5.32 Å². The fraction of sp³-hybridized carbons (Fsp3) is 0.944. The number of nitrogens with one attached hydrogen (secondary N) is 1. The van der Waals surface area contributed by atoms with Gasteiger partial charge in [-0.05, 0) is 6.92 Å². The van der Waals surface area contributed by atoms with Gasteiger partial charge in [0.25, 0.3) is 0 Å². The van der Waals surface area contributed by atoms with Gasteiger partial charge in [-0.3, -0.25) is 4.79 Å². The third kappa shape index (κ3) is 7.54. The van der Waals surface area contributed by atoms with Crippen molar-refractivity contribution in [3.63, 3.8) is 0 Å². The van der Waals surface area contributed by atoms with E-state index in [0.717, 1.165) is 0 Å². The van der Waals surface area contributed by atoms with Crippen LogP contribution in [0, 0.1) is 5.41 Å². The Hall–Kier alpha value is -0.970. The minimum atomic E-state index is -1.63. The molecule has 0 bridgehead atoms. The van der Waals surface area contributed by atoms with E-state index in [-0.39, 0.29) is 13.2 Å². The standard InChI is InChI=1S/C18H35NO12/c1-9(13(26)11(25)3-20)30-16-15(28)14(27)12(4-21)31-17(16)29-8-18(6-22,7-23)5-19-10(2)24/h9,11-17,20-23,25-28H,3-8H2,1-2H3,(H,19,24). The molecule has 1 rings (SSSR count). The lowest BCUT2D eigenvalue weighted by Gasteiger charge is -2.44. The molecule has 0 aromatic carbocycles. The van der Waals surface area contributed by atoms with Crippen LogP contribution in [0.3, 0.4) is 0 Å². The molecule has 8 unspecified atom stereocenters. The minimum absolute atomic E-state index is 0.139. The number of aliphatic hydroxyl groups excluding tert-OH is 8. The normalized spacial score (nSPS) is 29.9. The molecule has 1 amide bonds. The first-order chi connectivity index (χ1) is 14.6. The zero-order valence-corrected chi connectivity index (χ0v) is 17.6. The van der Waals surface area contributed by atoms with Gasteiger partial charge in [0.15, 0.2) is 6.29 Å². The quantitative estimate of drug-likeness (QED) is 0.127. The van der Waals surface area contributed by atoms with Crippen molar-refractivity contribution in [1.29, 1.82) is 0 Å². The van der Waals surface area contributed by atoms with E-state index < -0.39 is 86.8 Å². The highest BCUT2D eigenvalue weighted by Gasteiger charge is 2.47. The highest BCUT2D eigenvalue weighted by atomic mass is 16.7. The topological polar surface area (TPSA) is 219 Å². The Bertz CT molecular complexity index is 534. The molecule has 9 N–H and O–H groups in total. The number of amides is 1. The van der Waals surface area contributed by atoms with Crippen LogP contribution >= 0.6 is 0 Å². The van der Waals surface area contributed by atoms with Crippen molar-refractivity contribution < 1.29 is 59.9 Å². The molecular formula is C18H35NO12. The Kier molecular flexibility index (Phi) is 11.7. The van der Waals surface area contributed by atoms with Crippen LogP contribution in [0.2, 0.25) is 0 Å². The molecule has 0 saturated carbocycles. The monoisotopic (exact) mass is 457 g/mol. The molecule has 0 aliphatic carbocycles.